The highest BCUT2D eigenvalue weighted by atomic mass is 35.5. The molecule has 134 valence electrons. The quantitative estimate of drug-likeness (QED) is 0.749. The SMILES string of the molecule is O=C(CN1CCn2cccc2C1c1cccc(Cl)c1)NCc1ccco1. The molecule has 3 aromatic rings. The van der Waals surface area contributed by atoms with Gasteiger partial charge in [-0.05, 0) is 42.0 Å². The first-order valence-electron chi connectivity index (χ1n) is 8.64. The number of benzene rings is 1. The van der Waals surface area contributed by atoms with Gasteiger partial charge in [-0.3, -0.25) is 9.69 Å². The molecule has 0 radical (unpaired) electrons. The van der Waals surface area contributed by atoms with Crippen molar-refractivity contribution in [3.63, 3.8) is 0 Å². The summed E-state index contributed by atoms with van der Waals surface area (Å²) in [5, 5.41) is 3.63. The van der Waals surface area contributed by atoms with Crippen molar-refractivity contribution in [3.05, 3.63) is 83.0 Å². The van der Waals surface area contributed by atoms with Gasteiger partial charge < -0.3 is 14.3 Å². The second kappa shape index (κ2) is 7.40. The Morgan fingerprint density at radius 3 is 2.92 bits per heavy atom. The maximum absolute atomic E-state index is 12.5. The second-order valence-electron chi connectivity index (χ2n) is 6.41. The number of hydrogen-bond donors (Lipinski definition) is 1. The van der Waals surface area contributed by atoms with Crippen LogP contribution in [-0.2, 0) is 17.9 Å². The molecule has 1 aromatic carbocycles. The molecule has 5 nitrogen and oxygen atoms in total. The van der Waals surface area contributed by atoms with Gasteiger partial charge in [0.25, 0.3) is 0 Å². The molecule has 2 aromatic heterocycles. The molecule has 0 fully saturated rings. The Hall–Kier alpha value is -2.50. The van der Waals surface area contributed by atoms with Crippen LogP contribution in [0.3, 0.4) is 0 Å². The monoisotopic (exact) mass is 369 g/mol. The summed E-state index contributed by atoms with van der Waals surface area (Å²) in [4.78, 5) is 14.7. The van der Waals surface area contributed by atoms with Crippen LogP contribution >= 0.6 is 11.6 Å². The standard InChI is InChI=1S/C20H20ClN3O2/c21-16-5-1-4-15(12-16)20-18-7-2-8-23(18)9-10-24(20)14-19(25)22-13-17-6-3-11-26-17/h1-8,11-12,20H,9-10,13-14H2,(H,22,25). The first-order chi connectivity index (χ1) is 12.7. The topological polar surface area (TPSA) is 50.4 Å². The molecule has 1 unspecified atom stereocenters. The van der Waals surface area contributed by atoms with E-state index in [1.54, 1.807) is 6.26 Å². The van der Waals surface area contributed by atoms with E-state index < -0.39 is 0 Å². The van der Waals surface area contributed by atoms with Gasteiger partial charge in [0.05, 0.1) is 25.4 Å². The Balaban J connectivity index is 1.53. The molecule has 1 N–H and O–H groups in total. The summed E-state index contributed by atoms with van der Waals surface area (Å²) in [6.07, 6.45) is 3.69. The molecule has 0 bridgehead atoms. The number of furan rings is 1. The molecule has 3 heterocycles. The zero-order valence-corrected chi connectivity index (χ0v) is 15.0. The van der Waals surface area contributed by atoms with Crippen LogP contribution in [-0.4, -0.2) is 28.5 Å². The fraction of sp³-hybridized carbons (Fsp3) is 0.250. The van der Waals surface area contributed by atoms with Gasteiger partial charge in [-0.15, -0.1) is 0 Å². The summed E-state index contributed by atoms with van der Waals surface area (Å²) in [5.41, 5.74) is 2.27. The van der Waals surface area contributed by atoms with Gasteiger partial charge in [0.2, 0.25) is 5.91 Å². The Morgan fingerprint density at radius 1 is 1.19 bits per heavy atom. The molecule has 1 aliphatic rings. The average molecular weight is 370 g/mol. The van der Waals surface area contributed by atoms with Crippen LogP contribution in [0, 0.1) is 0 Å². The number of halogens is 1. The van der Waals surface area contributed by atoms with Gasteiger partial charge in [-0.25, -0.2) is 0 Å². The van der Waals surface area contributed by atoms with Crippen LogP contribution in [0.4, 0.5) is 0 Å². The van der Waals surface area contributed by atoms with Gasteiger partial charge in [0, 0.05) is 30.0 Å². The molecule has 0 saturated heterocycles. The molecule has 1 aliphatic heterocycles. The Labute approximate surface area is 157 Å². The summed E-state index contributed by atoms with van der Waals surface area (Å²) < 4.78 is 7.51. The summed E-state index contributed by atoms with van der Waals surface area (Å²) in [5.74, 6) is 0.727. The minimum absolute atomic E-state index is 0.00631. The van der Waals surface area contributed by atoms with Crippen molar-refractivity contribution in [1.29, 1.82) is 0 Å². The van der Waals surface area contributed by atoms with E-state index in [1.165, 1.54) is 5.69 Å². The van der Waals surface area contributed by atoms with Crippen molar-refractivity contribution < 1.29 is 9.21 Å². The number of amides is 1. The third-order valence-electron chi connectivity index (χ3n) is 4.69. The molecule has 6 heteroatoms. The number of aromatic nitrogens is 1. The first kappa shape index (κ1) is 16.9. The maximum Gasteiger partial charge on any atom is 0.234 e. The smallest absolute Gasteiger partial charge is 0.234 e. The van der Waals surface area contributed by atoms with Crippen molar-refractivity contribution in [3.8, 4) is 0 Å². The predicted octanol–water partition coefficient (Wildman–Crippen LogP) is 3.46. The van der Waals surface area contributed by atoms with Crippen LogP contribution in [0.5, 0.6) is 0 Å². The van der Waals surface area contributed by atoms with Crippen LogP contribution in [0.2, 0.25) is 5.02 Å². The van der Waals surface area contributed by atoms with Crippen LogP contribution < -0.4 is 5.32 Å². The van der Waals surface area contributed by atoms with Gasteiger partial charge >= 0.3 is 0 Å². The van der Waals surface area contributed by atoms with Crippen molar-refractivity contribution in [1.82, 2.24) is 14.8 Å². The fourth-order valence-corrected chi connectivity index (χ4v) is 3.70. The Kier molecular flexibility index (Phi) is 4.82. The van der Waals surface area contributed by atoms with E-state index in [0.29, 0.717) is 18.1 Å². The summed E-state index contributed by atoms with van der Waals surface area (Å²) in [6.45, 7) is 2.39. The minimum Gasteiger partial charge on any atom is -0.467 e. The van der Waals surface area contributed by atoms with Gasteiger partial charge in [-0.1, -0.05) is 23.7 Å². The van der Waals surface area contributed by atoms with Crippen LogP contribution in [0.15, 0.2) is 65.4 Å². The molecular formula is C20H20ClN3O2. The van der Waals surface area contributed by atoms with Gasteiger partial charge in [0.1, 0.15) is 5.76 Å². The van der Waals surface area contributed by atoms with E-state index in [4.69, 9.17) is 16.0 Å². The highest BCUT2D eigenvalue weighted by Gasteiger charge is 2.30. The lowest BCUT2D eigenvalue weighted by atomic mass is 10.00. The van der Waals surface area contributed by atoms with E-state index in [9.17, 15) is 4.79 Å². The number of fused-ring (bicyclic) bond motifs is 1. The summed E-state index contributed by atoms with van der Waals surface area (Å²) in [7, 11) is 0. The number of nitrogens with zero attached hydrogens (tertiary/aromatic N) is 2. The minimum atomic E-state index is -0.0200. The Morgan fingerprint density at radius 2 is 2.12 bits per heavy atom. The number of carbonyl (C=O) groups is 1. The van der Waals surface area contributed by atoms with Crippen molar-refractivity contribution in [2.45, 2.75) is 19.1 Å². The average Bonchev–Trinajstić information content (AvgIpc) is 3.31. The van der Waals surface area contributed by atoms with E-state index in [2.05, 4.69) is 33.1 Å². The lowest BCUT2D eigenvalue weighted by Crippen LogP contribution is -2.44. The van der Waals surface area contributed by atoms with Crippen LogP contribution in [0.1, 0.15) is 23.1 Å². The summed E-state index contributed by atoms with van der Waals surface area (Å²) >= 11 is 6.21. The lowest BCUT2D eigenvalue weighted by molar-refractivity contribution is -0.123. The van der Waals surface area contributed by atoms with E-state index in [0.717, 1.165) is 24.4 Å². The second-order valence-corrected chi connectivity index (χ2v) is 6.85. The van der Waals surface area contributed by atoms with E-state index in [-0.39, 0.29) is 11.9 Å². The van der Waals surface area contributed by atoms with Crippen molar-refractivity contribution in [2.75, 3.05) is 13.1 Å². The van der Waals surface area contributed by atoms with E-state index in [1.807, 2.05) is 36.4 Å². The third kappa shape index (κ3) is 3.54. The number of hydrogen-bond acceptors (Lipinski definition) is 3. The Bertz CT molecular complexity index is 888. The normalized spacial score (nSPS) is 17.0. The molecule has 26 heavy (non-hydrogen) atoms. The number of rotatable bonds is 5. The molecule has 1 atom stereocenters. The van der Waals surface area contributed by atoms with Crippen molar-refractivity contribution in [2.24, 2.45) is 0 Å². The molecule has 0 spiro atoms. The van der Waals surface area contributed by atoms with Gasteiger partial charge in [-0.2, -0.15) is 0 Å². The maximum atomic E-state index is 12.5. The summed E-state index contributed by atoms with van der Waals surface area (Å²) in [6, 6.07) is 15.7. The van der Waals surface area contributed by atoms with E-state index >= 15 is 0 Å². The molecular weight excluding hydrogens is 350 g/mol. The zero-order valence-electron chi connectivity index (χ0n) is 14.3. The molecule has 0 saturated carbocycles. The van der Waals surface area contributed by atoms with Gasteiger partial charge in [0.15, 0.2) is 0 Å². The number of carbonyl (C=O) groups excluding carboxylic acids is 1. The highest BCUT2D eigenvalue weighted by molar-refractivity contribution is 6.30. The molecule has 1 amide bonds. The molecule has 0 aliphatic carbocycles. The fourth-order valence-electron chi connectivity index (χ4n) is 3.50. The highest BCUT2D eigenvalue weighted by Crippen LogP contribution is 2.33. The molecule has 4 rings (SSSR count). The largest absolute Gasteiger partial charge is 0.467 e. The lowest BCUT2D eigenvalue weighted by Gasteiger charge is -2.37. The van der Waals surface area contributed by atoms with Crippen LogP contribution in [0.25, 0.3) is 0 Å². The number of nitrogens with one attached hydrogen (secondary N) is 1. The van der Waals surface area contributed by atoms with Crippen molar-refractivity contribution >= 4 is 17.5 Å². The zero-order chi connectivity index (χ0) is 17.9. The predicted molar refractivity (Wildman–Crippen MR) is 99.9 cm³/mol. The third-order valence-corrected chi connectivity index (χ3v) is 4.92. The first-order valence-corrected chi connectivity index (χ1v) is 9.02.